The number of rotatable bonds is 6. The molecule has 0 saturated carbocycles. The molecule has 0 fully saturated rings. The highest BCUT2D eigenvalue weighted by molar-refractivity contribution is 6.23. The molecular formula is C52H34N2O. The van der Waals surface area contributed by atoms with Crippen molar-refractivity contribution in [2.24, 2.45) is 0 Å². The number of fused-ring (bicyclic) bond motifs is 8. The molecule has 11 rings (SSSR count). The average molecular weight is 717 g/mol. The van der Waals surface area contributed by atoms with Crippen LogP contribution in [0, 0.1) is 0 Å². The van der Waals surface area contributed by atoms with Crippen molar-refractivity contribution in [2.45, 2.75) is 0 Å². The first-order chi connectivity index (χ1) is 33.1. The number of para-hydroxylation sites is 3. The normalized spacial score (nSPS) is 15.2. The van der Waals surface area contributed by atoms with Crippen LogP contribution in [0.2, 0.25) is 0 Å². The summed E-state index contributed by atoms with van der Waals surface area (Å²) in [6.45, 7) is 0. The van der Waals surface area contributed by atoms with Crippen molar-refractivity contribution < 1.29 is 23.6 Å². The standard InChI is InChI=1S/C52H34N2O/c1-4-14-35(15-5-1)36-24-27-40(28-25-36)53(38-16-6-2-7-17-38)41-29-31-50-47(33-41)52-45-22-11-10-20-42(45)46(34-51(52)55-50)37-26-30-44-43-21-12-13-23-48(43)54(49(44)32-37)39-18-8-3-9-19-39/h1-34H/i1D,2D,4D,5D,6D,7D,14D,15D,16D,17D,24D,25D,27D,28D. The maximum Gasteiger partial charge on any atom is 0.136 e. The molecule has 0 spiro atoms. The summed E-state index contributed by atoms with van der Waals surface area (Å²) >= 11 is 0. The van der Waals surface area contributed by atoms with Crippen molar-refractivity contribution in [2.75, 3.05) is 4.90 Å². The Morgan fingerprint density at radius 2 is 1.07 bits per heavy atom. The van der Waals surface area contributed by atoms with Gasteiger partial charge in [-0.25, -0.2) is 0 Å². The fourth-order valence-electron chi connectivity index (χ4n) is 7.64. The van der Waals surface area contributed by atoms with Gasteiger partial charge in [0, 0.05) is 44.3 Å². The second kappa shape index (κ2) is 12.6. The molecule has 0 aliphatic rings. The third-order valence-corrected chi connectivity index (χ3v) is 10.0. The van der Waals surface area contributed by atoms with Gasteiger partial charge in [-0.05, 0) is 106 Å². The molecule has 0 unspecified atom stereocenters. The predicted octanol–water partition coefficient (Wildman–Crippen LogP) is 14.6. The van der Waals surface area contributed by atoms with Crippen LogP contribution in [0.5, 0.6) is 0 Å². The third kappa shape index (κ3) is 5.13. The number of nitrogens with zero attached hydrogens (tertiary/aromatic N) is 2. The van der Waals surface area contributed by atoms with Crippen LogP contribution in [0.1, 0.15) is 19.2 Å². The molecule has 0 aliphatic heterocycles. The second-order valence-electron chi connectivity index (χ2n) is 13.1. The minimum Gasteiger partial charge on any atom is -0.456 e. The highest BCUT2D eigenvalue weighted by Gasteiger charge is 2.20. The van der Waals surface area contributed by atoms with Gasteiger partial charge >= 0.3 is 0 Å². The molecule has 0 radical (unpaired) electrons. The molecule has 0 N–H and O–H groups in total. The minimum atomic E-state index is -0.780. The van der Waals surface area contributed by atoms with Crippen LogP contribution in [-0.2, 0) is 0 Å². The number of furan rings is 1. The Balaban J connectivity index is 1.16. The largest absolute Gasteiger partial charge is 0.456 e. The highest BCUT2D eigenvalue weighted by atomic mass is 16.3. The van der Waals surface area contributed by atoms with Crippen LogP contribution in [0.3, 0.4) is 0 Å². The first-order valence-corrected chi connectivity index (χ1v) is 17.6. The molecule has 55 heavy (non-hydrogen) atoms. The SMILES string of the molecule is [2H]c1c([2H])c([2H])c(-c2c([2H])c([2H])c(N(c3ccc4oc5cc(-c6ccc7c8ccccc8n(-c8ccccc8)c7c6)c6ccccc6c5c4c3)c3c([2H])c([2H])c([2H])c([2H])c3[2H])c([2H])c2[2H])c([2H])c1[2H]. The number of aromatic nitrogens is 1. The van der Waals surface area contributed by atoms with Crippen molar-refractivity contribution in [1.82, 2.24) is 4.57 Å². The van der Waals surface area contributed by atoms with E-state index in [-0.39, 0.29) is 5.69 Å². The van der Waals surface area contributed by atoms with E-state index >= 15 is 0 Å². The van der Waals surface area contributed by atoms with E-state index in [1.807, 2.05) is 60.7 Å². The van der Waals surface area contributed by atoms with Gasteiger partial charge in [0.1, 0.15) is 11.2 Å². The van der Waals surface area contributed by atoms with E-state index < -0.39 is 107 Å². The Morgan fingerprint density at radius 3 is 1.87 bits per heavy atom. The van der Waals surface area contributed by atoms with Gasteiger partial charge in [-0.2, -0.15) is 0 Å². The fraction of sp³-hybridized carbons (Fsp3) is 0. The first-order valence-electron chi connectivity index (χ1n) is 24.6. The lowest BCUT2D eigenvalue weighted by atomic mass is 9.94. The van der Waals surface area contributed by atoms with Gasteiger partial charge in [0.05, 0.1) is 30.2 Å². The summed E-state index contributed by atoms with van der Waals surface area (Å²) in [4.78, 5) is 1.09. The summed E-state index contributed by atoms with van der Waals surface area (Å²) in [6, 6.07) is 29.2. The molecule has 0 amide bonds. The lowest BCUT2D eigenvalue weighted by Gasteiger charge is -2.25. The molecule has 0 aliphatic carbocycles. The highest BCUT2D eigenvalue weighted by Crippen LogP contribution is 2.44. The Morgan fingerprint density at radius 1 is 0.418 bits per heavy atom. The summed E-state index contributed by atoms with van der Waals surface area (Å²) in [5.41, 5.74) is 3.87. The molecule has 2 heterocycles. The van der Waals surface area contributed by atoms with Crippen molar-refractivity contribution in [3.05, 3.63) is 206 Å². The monoisotopic (exact) mass is 716 g/mol. The van der Waals surface area contributed by atoms with Crippen LogP contribution < -0.4 is 4.90 Å². The molecule has 9 aromatic carbocycles. The molecular weight excluding hydrogens is 669 g/mol. The van der Waals surface area contributed by atoms with Crippen molar-refractivity contribution in [1.29, 1.82) is 0 Å². The molecule has 258 valence electrons. The zero-order valence-corrected chi connectivity index (χ0v) is 28.8. The maximum absolute atomic E-state index is 9.40. The number of hydrogen-bond donors (Lipinski definition) is 0. The number of hydrogen-bond acceptors (Lipinski definition) is 2. The van der Waals surface area contributed by atoms with E-state index in [4.69, 9.17) is 18.1 Å². The van der Waals surface area contributed by atoms with Gasteiger partial charge in [0.2, 0.25) is 0 Å². The summed E-state index contributed by atoms with van der Waals surface area (Å²) < 4.78 is 132. The van der Waals surface area contributed by atoms with E-state index in [0.717, 1.165) is 54.3 Å². The molecule has 0 bridgehead atoms. The van der Waals surface area contributed by atoms with Crippen LogP contribution in [0.15, 0.2) is 210 Å². The Bertz CT molecular complexity index is 3950. The smallest absolute Gasteiger partial charge is 0.136 e. The summed E-state index contributed by atoms with van der Waals surface area (Å²) in [5.74, 6) is 0. The molecule has 11 aromatic rings. The molecule has 2 aromatic heterocycles. The van der Waals surface area contributed by atoms with Crippen molar-refractivity contribution in [3.63, 3.8) is 0 Å². The van der Waals surface area contributed by atoms with Crippen LogP contribution in [-0.4, -0.2) is 4.57 Å². The van der Waals surface area contributed by atoms with Crippen LogP contribution in [0.25, 0.3) is 82.5 Å². The van der Waals surface area contributed by atoms with Crippen molar-refractivity contribution in [3.8, 4) is 27.9 Å². The van der Waals surface area contributed by atoms with Gasteiger partial charge in [-0.15, -0.1) is 0 Å². The number of anilines is 3. The number of benzene rings is 9. The molecule has 3 nitrogen and oxygen atoms in total. The average Bonchev–Trinajstić information content (AvgIpc) is 3.91. The third-order valence-electron chi connectivity index (χ3n) is 10.0. The van der Waals surface area contributed by atoms with E-state index in [1.165, 1.54) is 6.07 Å². The van der Waals surface area contributed by atoms with E-state index in [0.29, 0.717) is 21.9 Å². The quantitative estimate of drug-likeness (QED) is 0.171. The maximum atomic E-state index is 9.40. The Labute approximate surface area is 338 Å². The van der Waals surface area contributed by atoms with Gasteiger partial charge in [0.15, 0.2) is 0 Å². The van der Waals surface area contributed by atoms with E-state index in [2.05, 4.69) is 47.0 Å². The van der Waals surface area contributed by atoms with Gasteiger partial charge in [0.25, 0.3) is 0 Å². The topological polar surface area (TPSA) is 21.3 Å². The lowest BCUT2D eigenvalue weighted by Crippen LogP contribution is -2.09. The lowest BCUT2D eigenvalue weighted by molar-refractivity contribution is 0.669. The van der Waals surface area contributed by atoms with Gasteiger partial charge in [-0.1, -0.05) is 133 Å². The molecule has 0 atom stereocenters. The fourth-order valence-corrected chi connectivity index (χ4v) is 7.64. The first kappa shape index (κ1) is 20.2. The van der Waals surface area contributed by atoms with E-state index in [1.54, 1.807) is 12.1 Å². The van der Waals surface area contributed by atoms with E-state index in [9.17, 15) is 5.48 Å². The predicted molar refractivity (Wildman–Crippen MR) is 231 cm³/mol. The van der Waals surface area contributed by atoms with Crippen LogP contribution >= 0.6 is 0 Å². The van der Waals surface area contributed by atoms with Gasteiger partial charge in [-0.3, -0.25) is 0 Å². The van der Waals surface area contributed by atoms with Crippen LogP contribution in [0.4, 0.5) is 17.1 Å². The molecule has 0 saturated heterocycles. The second-order valence-corrected chi connectivity index (χ2v) is 13.1. The Hall–Kier alpha value is -7.36. The minimum absolute atomic E-state index is 0.0902. The zero-order valence-electron chi connectivity index (χ0n) is 42.8. The Kier molecular flexibility index (Phi) is 4.64. The summed E-state index contributed by atoms with van der Waals surface area (Å²) in [6.07, 6.45) is 0. The van der Waals surface area contributed by atoms with Crippen molar-refractivity contribution >= 4 is 71.6 Å². The summed E-state index contributed by atoms with van der Waals surface area (Å²) in [7, 11) is 0. The molecule has 3 heteroatoms. The zero-order chi connectivity index (χ0) is 48.5. The summed E-state index contributed by atoms with van der Waals surface area (Å²) in [5, 5.41) is 5.13. The van der Waals surface area contributed by atoms with Gasteiger partial charge < -0.3 is 13.9 Å².